The van der Waals surface area contributed by atoms with Crippen molar-refractivity contribution >= 4 is 0 Å². The molecule has 0 rings (SSSR count). The molecule has 0 N–H and O–H groups in total. The van der Waals surface area contributed by atoms with E-state index in [2.05, 4.69) is 13.2 Å². The molecule has 3 nitrogen and oxygen atoms in total. The Balaban J connectivity index is 3.83. The molecule has 3 heteroatoms. The van der Waals surface area contributed by atoms with E-state index < -0.39 is 0 Å². The molecule has 0 atom stereocenters. The first-order chi connectivity index (χ1) is 4.72. The molecular weight excluding hydrogens is 128 g/mol. The second kappa shape index (κ2) is 4.73. The summed E-state index contributed by atoms with van der Waals surface area (Å²) in [5.41, 5.74) is 0. The summed E-state index contributed by atoms with van der Waals surface area (Å²) < 4.78 is 0. The van der Waals surface area contributed by atoms with Crippen LogP contribution in [-0.2, 0) is 0 Å². The summed E-state index contributed by atoms with van der Waals surface area (Å²) in [7, 11) is 1.45. The van der Waals surface area contributed by atoms with Gasteiger partial charge in [0.05, 0.1) is 18.0 Å². The summed E-state index contributed by atoms with van der Waals surface area (Å²) in [5, 5.41) is 1.57. The summed E-state index contributed by atoms with van der Waals surface area (Å²) in [6.45, 7) is 8.17. The summed E-state index contributed by atoms with van der Waals surface area (Å²) in [6, 6.07) is 0. The zero-order valence-corrected chi connectivity index (χ0v) is 6.29. The number of hydrogen-bond acceptors (Lipinski definition) is 1. The van der Waals surface area contributed by atoms with Crippen molar-refractivity contribution in [3.05, 3.63) is 30.2 Å². The lowest BCUT2D eigenvalue weighted by Gasteiger charge is -2.06. The maximum atomic E-state index is 10.7. The van der Waals surface area contributed by atoms with Crippen molar-refractivity contribution in [2.75, 3.05) is 20.1 Å². The van der Waals surface area contributed by atoms with E-state index in [0.29, 0.717) is 13.1 Å². The third-order valence-electron chi connectivity index (χ3n) is 1.08. The summed E-state index contributed by atoms with van der Waals surface area (Å²) in [4.78, 5) is 11.5. The predicted molar refractivity (Wildman–Crippen MR) is 41.5 cm³/mol. The van der Waals surface area contributed by atoms with Gasteiger partial charge in [-0.2, -0.15) is 0 Å². The Hall–Kier alpha value is -1.12. The van der Waals surface area contributed by atoms with Crippen LogP contribution in [0, 0.1) is 4.91 Å². The molecule has 0 aliphatic heterocycles. The third-order valence-corrected chi connectivity index (χ3v) is 1.08. The van der Waals surface area contributed by atoms with Crippen LogP contribution in [0.3, 0.4) is 0 Å². The van der Waals surface area contributed by atoms with Crippen LogP contribution in [0.4, 0.5) is 0 Å². The van der Waals surface area contributed by atoms with Crippen LogP contribution in [0.1, 0.15) is 0 Å². The Bertz CT molecular complexity index is 133. The highest BCUT2D eigenvalue weighted by Crippen LogP contribution is 1.86. The highest BCUT2D eigenvalue weighted by atomic mass is 16.3. The molecule has 0 aromatic heterocycles. The van der Waals surface area contributed by atoms with Crippen molar-refractivity contribution in [2.24, 2.45) is 0 Å². The number of rotatable bonds is 5. The van der Waals surface area contributed by atoms with Crippen LogP contribution in [0.5, 0.6) is 0 Å². The van der Waals surface area contributed by atoms with Crippen molar-refractivity contribution in [2.45, 2.75) is 0 Å². The fraction of sp³-hybridized carbons (Fsp3) is 0.429. The van der Waals surface area contributed by atoms with Gasteiger partial charge in [0.15, 0.2) is 0 Å². The van der Waals surface area contributed by atoms with E-state index in [1.54, 1.807) is 17.2 Å². The van der Waals surface area contributed by atoms with Gasteiger partial charge in [-0.05, 0) is 0 Å². The van der Waals surface area contributed by atoms with Crippen LogP contribution in [0.2, 0.25) is 0 Å². The molecule has 0 radical (unpaired) electrons. The number of nitroso groups, excluding NO2 is 1. The minimum Gasteiger partial charge on any atom is -0.134 e. The van der Waals surface area contributed by atoms with Crippen LogP contribution in [0.15, 0.2) is 25.3 Å². The number of hydrogen-bond donors (Lipinski definition) is 0. The molecule has 0 aromatic carbocycles. The number of nitrogens with zero attached hydrogens (tertiary/aromatic N) is 2. The highest BCUT2D eigenvalue weighted by molar-refractivity contribution is 4.74. The quantitative estimate of drug-likeness (QED) is 0.324. The summed E-state index contributed by atoms with van der Waals surface area (Å²) in [6.07, 6.45) is 3.36. The van der Waals surface area contributed by atoms with E-state index in [1.165, 1.54) is 7.05 Å². The molecule has 0 unspecified atom stereocenters. The van der Waals surface area contributed by atoms with E-state index in [4.69, 9.17) is 0 Å². The minimum atomic E-state index is 0.562. The molecule has 0 heterocycles. The van der Waals surface area contributed by atoms with Gasteiger partial charge in [-0.25, -0.2) is 0 Å². The van der Waals surface area contributed by atoms with Crippen molar-refractivity contribution in [1.29, 1.82) is 0 Å². The molecule has 0 amide bonds. The van der Waals surface area contributed by atoms with Crippen LogP contribution in [-0.4, -0.2) is 30.0 Å². The largest absolute Gasteiger partial charge is 0.216 e. The predicted octanol–water partition coefficient (Wildman–Crippen LogP) is 0.984. The van der Waals surface area contributed by atoms with E-state index in [1.807, 2.05) is 0 Å². The van der Waals surface area contributed by atoms with E-state index in [9.17, 15) is 4.91 Å². The zero-order valence-electron chi connectivity index (χ0n) is 6.29. The first-order valence-corrected chi connectivity index (χ1v) is 3.10. The Morgan fingerprint density at radius 2 is 1.80 bits per heavy atom. The van der Waals surface area contributed by atoms with E-state index in [0.717, 1.165) is 4.87 Å². The SMILES string of the molecule is C=CCN(CC=C)[N+](C)=O. The van der Waals surface area contributed by atoms with Crippen LogP contribution < -0.4 is 0 Å². The molecule has 0 aromatic rings. The maximum Gasteiger partial charge on any atom is 0.216 e. The summed E-state index contributed by atoms with van der Waals surface area (Å²) >= 11 is 0. The first-order valence-electron chi connectivity index (χ1n) is 3.10. The molecule has 0 aliphatic carbocycles. The number of hydrazine groups is 1. The Kier molecular flexibility index (Phi) is 4.20. The second-order valence-corrected chi connectivity index (χ2v) is 1.91. The molecule has 0 aliphatic rings. The Morgan fingerprint density at radius 1 is 1.40 bits per heavy atom. The van der Waals surface area contributed by atoms with Gasteiger partial charge in [-0.1, -0.05) is 12.2 Å². The molecule has 0 fully saturated rings. The second-order valence-electron chi connectivity index (χ2n) is 1.91. The molecule has 10 heavy (non-hydrogen) atoms. The molecule has 56 valence electrons. The standard InChI is InChI=1S/C7H13N2O/c1-4-6-9(7-5-2)8(3)10/h4-5H,1-2,6-7H2,3H3/q+1. The van der Waals surface area contributed by atoms with Crippen LogP contribution >= 0.6 is 0 Å². The van der Waals surface area contributed by atoms with Gasteiger partial charge in [0.2, 0.25) is 7.05 Å². The molecule has 0 bridgehead atoms. The molecule has 0 spiro atoms. The molecule has 0 saturated heterocycles. The monoisotopic (exact) mass is 141 g/mol. The average molecular weight is 141 g/mol. The van der Waals surface area contributed by atoms with Crippen molar-refractivity contribution in [3.8, 4) is 0 Å². The van der Waals surface area contributed by atoms with E-state index >= 15 is 0 Å². The fourth-order valence-corrected chi connectivity index (χ4v) is 0.603. The Morgan fingerprint density at radius 3 is 2.00 bits per heavy atom. The topological polar surface area (TPSA) is 23.3 Å². The highest BCUT2D eigenvalue weighted by Gasteiger charge is 2.08. The maximum absolute atomic E-state index is 10.7. The van der Waals surface area contributed by atoms with Gasteiger partial charge in [0.1, 0.15) is 4.87 Å². The Labute approximate surface area is 61.2 Å². The van der Waals surface area contributed by atoms with Crippen molar-refractivity contribution in [3.63, 3.8) is 0 Å². The van der Waals surface area contributed by atoms with E-state index in [-0.39, 0.29) is 0 Å². The normalized spacial score (nSPS) is 8.50. The smallest absolute Gasteiger partial charge is 0.134 e. The minimum absolute atomic E-state index is 0.562. The fourth-order valence-electron chi connectivity index (χ4n) is 0.603. The molecular formula is C7H13N2O+. The zero-order chi connectivity index (χ0) is 7.98. The lowest BCUT2D eigenvalue weighted by atomic mass is 10.5. The lowest BCUT2D eigenvalue weighted by molar-refractivity contribution is -0.681. The van der Waals surface area contributed by atoms with Gasteiger partial charge in [0, 0.05) is 0 Å². The van der Waals surface area contributed by atoms with Crippen LogP contribution in [0.25, 0.3) is 0 Å². The van der Waals surface area contributed by atoms with Gasteiger partial charge in [-0.3, -0.25) is 0 Å². The van der Waals surface area contributed by atoms with Gasteiger partial charge in [-0.15, -0.1) is 18.2 Å². The van der Waals surface area contributed by atoms with Gasteiger partial charge >= 0.3 is 0 Å². The third kappa shape index (κ3) is 3.02. The first kappa shape index (κ1) is 8.88. The summed E-state index contributed by atoms with van der Waals surface area (Å²) in [5.74, 6) is 0. The average Bonchev–Trinajstić information content (AvgIpc) is 1.87. The van der Waals surface area contributed by atoms with Crippen molar-refractivity contribution in [1.82, 2.24) is 5.01 Å². The van der Waals surface area contributed by atoms with Gasteiger partial charge < -0.3 is 0 Å². The lowest BCUT2D eigenvalue weighted by Crippen LogP contribution is -2.31. The van der Waals surface area contributed by atoms with Gasteiger partial charge in [0.25, 0.3) is 0 Å². The molecule has 0 saturated carbocycles. The van der Waals surface area contributed by atoms with Crippen molar-refractivity contribution < 1.29 is 4.87 Å².